The summed E-state index contributed by atoms with van der Waals surface area (Å²) in [6, 6.07) is 42.7. The maximum atomic E-state index is 13.1. The number of likely N-dealkylation sites (N-methyl/N-ethyl adjacent to an activating group) is 1. The monoisotopic (exact) mass is 672 g/mol. The number of anilines is 1. The van der Waals surface area contributed by atoms with E-state index in [9.17, 15) is 13.5 Å². The number of hydrogen-bond donors (Lipinski definition) is 2. The Balaban J connectivity index is 1.18. The van der Waals surface area contributed by atoms with E-state index in [1.807, 2.05) is 30.3 Å². The second-order valence-corrected chi connectivity index (χ2v) is 14.5. The number of aliphatic hydroxyl groups is 1. The molecule has 49 heavy (non-hydrogen) atoms. The molecule has 0 radical (unpaired) electrons. The topological polar surface area (TPSA) is 88.1 Å². The molecule has 0 amide bonds. The molecule has 6 aromatic carbocycles. The van der Waals surface area contributed by atoms with Crippen molar-refractivity contribution < 1.29 is 23.0 Å². The van der Waals surface area contributed by atoms with Crippen LogP contribution in [0.3, 0.4) is 0 Å². The zero-order valence-electron chi connectivity index (χ0n) is 27.6. The highest BCUT2D eigenvalue weighted by Gasteiger charge is 2.39. The van der Waals surface area contributed by atoms with E-state index in [0.717, 1.165) is 17.7 Å². The van der Waals surface area contributed by atoms with Gasteiger partial charge in [-0.2, -0.15) is 0 Å². The summed E-state index contributed by atoms with van der Waals surface area (Å²) in [5.74, 6) is -0.0114. The van der Waals surface area contributed by atoms with Crippen LogP contribution in [-0.4, -0.2) is 38.1 Å². The Labute approximate surface area is 287 Å². The molecule has 0 spiro atoms. The summed E-state index contributed by atoms with van der Waals surface area (Å²) in [6.45, 7) is 3.49. The molecular weight excluding hydrogens is 633 g/mol. The van der Waals surface area contributed by atoms with Gasteiger partial charge in [0.05, 0.1) is 23.7 Å². The van der Waals surface area contributed by atoms with E-state index < -0.39 is 16.3 Å². The number of rotatable bonds is 10. The van der Waals surface area contributed by atoms with Gasteiger partial charge in [0.15, 0.2) is 6.29 Å². The van der Waals surface area contributed by atoms with Crippen molar-refractivity contribution in [1.82, 2.24) is 4.90 Å². The normalized spacial score (nSPS) is 19.8. The third-order valence-corrected chi connectivity index (χ3v) is 10.8. The SMILES string of the molecule is C[C@H]1[C@@H](CN(C)Cc2c3ccccc3cc3ccccc23)OC(c2cccc(NS(=O)(=O)c3ccccc3)c2)O[C@H]1c1ccc(CO)cc1. The zero-order valence-corrected chi connectivity index (χ0v) is 28.4. The molecule has 1 fully saturated rings. The Morgan fingerprint density at radius 3 is 2.06 bits per heavy atom. The van der Waals surface area contributed by atoms with Crippen molar-refractivity contribution in [2.75, 3.05) is 18.3 Å². The minimum atomic E-state index is -3.78. The number of nitrogens with one attached hydrogen (secondary N) is 1. The highest BCUT2D eigenvalue weighted by Crippen LogP contribution is 2.42. The quantitative estimate of drug-likeness (QED) is 0.143. The lowest BCUT2D eigenvalue weighted by Crippen LogP contribution is -2.43. The van der Waals surface area contributed by atoms with Gasteiger partial charge >= 0.3 is 0 Å². The van der Waals surface area contributed by atoms with Crippen molar-refractivity contribution in [2.45, 2.75) is 43.5 Å². The molecule has 0 saturated carbocycles. The highest BCUT2D eigenvalue weighted by molar-refractivity contribution is 7.92. The molecule has 1 unspecified atom stereocenters. The first-order valence-electron chi connectivity index (χ1n) is 16.6. The largest absolute Gasteiger partial charge is 0.392 e. The van der Waals surface area contributed by atoms with Gasteiger partial charge in [-0.25, -0.2) is 8.42 Å². The smallest absolute Gasteiger partial charge is 0.261 e. The third kappa shape index (κ3) is 7.11. The van der Waals surface area contributed by atoms with Crippen LogP contribution in [0.4, 0.5) is 5.69 Å². The molecule has 4 atom stereocenters. The van der Waals surface area contributed by atoms with E-state index in [0.29, 0.717) is 17.8 Å². The first-order chi connectivity index (χ1) is 23.8. The Kier molecular flexibility index (Phi) is 9.49. The van der Waals surface area contributed by atoms with Gasteiger partial charge in [-0.1, -0.05) is 110 Å². The van der Waals surface area contributed by atoms with Gasteiger partial charge in [0.2, 0.25) is 0 Å². The van der Waals surface area contributed by atoms with Crippen LogP contribution in [0.1, 0.15) is 41.6 Å². The molecule has 1 aliphatic rings. The number of hydrogen-bond acceptors (Lipinski definition) is 6. The fraction of sp³-hybridized carbons (Fsp3) is 0.220. The third-order valence-electron chi connectivity index (χ3n) is 9.39. The zero-order chi connectivity index (χ0) is 34.0. The summed E-state index contributed by atoms with van der Waals surface area (Å²) >= 11 is 0. The molecule has 2 N–H and O–H groups in total. The van der Waals surface area contributed by atoms with E-state index in [1.54, 1.807) is 48.5 Å². The maximum Gasteiger partial charge on any atom is 0.261 e. The lowest BCUT2D eigenvalue weighted by molar-refractivity contribution is -0.276. The summed E-state index contributed by atoms with van der Waals surface area (Å²) in [7, 11) is -1.65. The highest BCUT2D eigenvalue weighted by atomic mass is 32.2. The van der Waals surface area contributed by atoms with Crippen LogP contribution in [-0.2, 0) is 32.6 Å². The molecular formula is C41H40N2O5S. The Morgan fingerprint density at radius 2 is 1.39 bits per heavy atom. The van der Waals surface area contributed by atoms with E-state index in [1.165, 1.54) is 27.1 Å². The van der Waals surface area contributed by atoms with Crippen LogP contribution in [0.15, 0.2) is 138 Å². The average Bonchev–Trinajstić information content (AvgIpc) is 3.13. The predicted octanol–water partition coefficient (Wildman–Crippen LogP) is 8.21. The van der Waals surface area contributed by atoms with Crippen molar-refractivity contribution in [3.8, 4) is 0 Å². The van der Waals surface area contributed by atoms with Gasteiger partial charge in [0.1, 0.15) is 0 Å². The van der Waals surface area contributed by atoms with Crippen molar-refractivity contribution in [1.29, 1.82) is 0 Å². The van der Waals surface area contributed by atoms with Gasteiger partial charge < -0.3 is 14.6 Å². The van der Waals surface area contributed by atoms with Gasteiger partial charge in [0, 0.05) is 30.3 Å². The molecule has 1 saturated heterocycles. The Bertz CT molecular complexity index is 2120. The summed E-state index contributed by atoms with van der Waals surface area (Å²) in [5, 5.41) is 14.6. The number of fused-ring (bicyclic) bond motifs is 2. The maximum absolute atomic E-state index is 13.1. The number of aliphatic hydroxyl groups excluding tert-OH is 1. The Hall–Kier alpha value is -4.57. The van der Waals surface area contributed by atoms with Crippen LogP contribution in [0.2, 0.25) is 0 Å². The fourth-order valence-corrected chi connectivity index (χ4v) is 7.88. The van der Waals surface area contributed by atoms with Crippen molar-refractivity contribution in [2.24, 2.45) is 5.92 Å². The minimum Gasteiger partial charge on any atom is -0.392 e. The second kappa shape index (κ2) is 14.1. The van der Waals surface area contributed by atoms with Crippen LogP contribution < -0.4 is 4.72 Å². The lowest BCUT2D eigenvalue weighted by atomic mass is 9.89. The predicted molar refractivity (Wildman–Crippen MR) is 194 cm³/mol. The van der Waals surface area contributed by atoms with Crippen LogP contribution >= 0.6 is 0 Å². The van der Waals surface area contributed by atoms with E-state index in [-0.39, 0.29) is 29.6 Å². The average molecular weight is 673 g/mol. The molecule has 7 rings (SSSR count). The van der Waals surface area contributed by atoms with Gasteiger partial charge in [0.25, 0.3) is 10.0 Å². The van der Waals surface area contributed by atoms with E-state index in [2.05, 4.69) is 78.2 Å². The van der Waals surface area contributed by atoms with E-state index >= 15 is 0 Å². The summed E-state index contributed by atoms with van der Waals surface area (Å²) < 4.78 is 42.4. The molecule has 6 aromatic rings. The van der Waals surface area contributed by atoms with Gasteiger partial charge in [-0.05, 0) is 75.6 Å². The van der Waals surface area contributed by atoms with Crippen molar-refractivity contribution in [3.63, 3.8) is 0 Å². The minimum absolute atomic E-state index is 0.0114. The molecule has 8 heteroatoms. The molecule has 1 aliphatic heterocycles. The summed E-state index contributed by atoms with van der Waals surface area (Å²) in [5.41, 5.74) is 4.24. The van der Waals surface area contributed by atoms with Crippen LogP contribution in [0.5, 0.6) is 0 Å². The first kappa shape index (κ1) is 33.0. The number of benzene rings is 6. The molecule has 7 nitrogen and oxygen atoms in total. The van der Waals surface area contributed by atoms with Crippen molar-refractivity contribution in [3.05, 3.63) is 156 Å². The number of ether oxygens (including phenoxy) is 2. The summed E-state index contributed by atoms with van der Waals surface area (Å²) in [6.07, 6.45) is -1.25. The van der Waals surface area contributed by atoms with Crippen LogP contribution in [0, 0.1) is 5.92 Å². The number of sulfonamides is 1. The Morgan fingerprint density at radius 1 is 0.735 bits per heavy atom. The number of nitrogens with zero attached hydrogens (tertiary/aromatic N) is 1. The molecule has 1 heterocycles. The lowest BCUT2D eigenvalue weighted by Gasteiger charge is -2.42. The van der Waals surface area contributed by atoms with E-state index in [4.69, 9.17) is 9.47 Å². The second-order valence-electron chi connectivity index (χ2n) is 12.9. The van der Waals surface area contributed by atoms with Gasteiger partial charge in [-0.15, -0.1) is 0 Å². The standard InChI is InChI=1S/C41H40N2O5S/c1-28-39(26-43(2)25-38-36-17-8-6-11-31(36)23-32-12-7-9-18-37(32)38)47-41(48-40(28)30-21-19-29(27-44)20-22-30)33-13-10-14-34(24-33)42-49(45,46)35-15-4-3-5-16-35/h3-24,28,39-42,44H,25-27H2,1-2H3/t28-,39+,40+,41?/m0/s1. The molecule has 0 bridgehead atoms. The molecule has 250 valence electrons. The fourth-order valence-electron chi connectivity index (χ4n) is 6.81. The van der Waals surface area contributed by atoms with Gasteiger partial charge in [-0.3, -0.25) is 9.62 Å². The summed E-state index contributed by atoms with van der Waals surface area (Å²) in [4.78, 5) is 2.50. The van der Waals surface area contributed by atoms with Crippen molar-refractivity contribution >= 4 is 37.3 Å². The van der Waals surface area contributed by atoms with Crippen LogP contribution in [0.25, 0.3) is 21.5 Å². The molecule has 0 aromatic heterocycles. The molecule has 0 aliphatic carbocycles. The first-order valence-corrected chi connectivity index (χ1v) is 18.0.